The van der Waals surface area contributed by atoms with E-state index in [1.54, 1.807) is 0 Å². The van der Waals surface area contributed by atoms with Crippen LogP contribution < -0.4 is 0 Å². The van der Waals surface area contributed by atoms with E-state index in [1.807, 2.05) is 0 Å². The molecule has 12 rings (SSSR count). The SMILES string of the molecule is C(=Cc1ccc(-c2ccccc2-c2c3ccccc3c(-c3ccccc3)c3ccccc23)cc1)c1ccc(-c2ccc(-c3c4ccccc4c(-c4ccccc4)c4ccccc34)cc2)cc1. The normalized spacial score (nSPS) is 11.6. The second-order valence-electron chi connectivity index (χ2n) is 17.1. The molecular formula is C66H44. The van der Waals surface area contributed by atoms with E-state index in [0.717, 1.165) is 5.56 Å². The first kappa shape index (κ1) is 39.0. The summed E-state index contributed by atoms with van der Waals surface area (Å²) >= 11 is 0. The summed E-state index contributed by atoms with van der Waals surface area (Å²) in [6, 6.07) is 92.9. The number of hydrogen-bond donors (Lipinski definition) is 0. The highest BCUT2D eigenvalue weighted by atomic mass is 14.2. The van der Waals surface area contributed by atoms with Crippen LogP contribution >= 0.6 is 0 Å². The third kappa shape index (κ3) is 6.97. The van der Waals surface area contributed by atoms with Crippen LogP contribution in [0.25, 0.3) is 122 Å². The maximum atomic E-state index is 2.29. The molecule has 0 aliphatic heterocycles. The van der Waals surface area contributed by atoms with Gasteiger partial charge in [0.1, 0.15) is 0 Å². The molecular weight excluding hydrogens is 793 g/mol. The minimum atomic E-state index is 1.16. The van der Waals surface area contributed by atoms with Crippen LogP contribution in [0.3, 0.4) is 0 Å². The standard InChI is InChI=1S/C66H44/c1-3-17-50(18-4-1)63-55-23-9-11-25-57(55)65(58-26-12-10-24-56(58)63)52-43-41-48(42-44-52)47-37-33-45(34-38-47)31-32-46-35-39-49(40-36-46)53-21-7-8-22-54(53)66-61-29-15-13-27-59(61)64(51-19-5-2-6-20-51)60-28-14-16-30-62(60)66/h1-44H. The van der Waals surface area contributed by atoms with Crippen molar-refractivity contribution in [2.24, 2.45) is 0 Å². The van der Waals surface area contributed by atoms with E-state index in [-0.39, 0.29) is 0 Å². The molecule has 66 heavy (non-hydrogen) atoms. The average Bonchev–Trinajstić information content (AvgIpc) is 3.39. The Bertz CT molecular complexity index is 3630. The molecule has 0 atom stereocenters. The first-order valence-corrected chi connectivity index (χ1v) is 22.8. The first-order valence-electron chi connectivity index (χ1n) is 22.8. The van der Waals surface area contributed by atoms with Crippen molar-refractivity contribution in [2.75, 3.05) is 0 Å². The second kappa shape index (κ2) is 16.8. The molecule has 12 aromatic rings. The lowest BCUT2D eigenvalue weighted by Crippen LogP contribution is -1.92. The van der Waals surface area contributed by atoms with E-state index in [0.29, 0.717) is 0 Å². The number of hydrogen-bond acceptors (Lipinski definition) is 0. The fourth-order valence-electron chi connectivity index (χ4n) is 10.2. The van der Waals surface area contributed by atoms with Crippen LogP contribution in [0.2, 0.25) is 0 Å². The Kier molecular flexibility index (Phi) is 9.97. The van der Waals surface area contributed by atoms with Crippen molar-refractivity contribution in [2.45, 2.75) is 0 Å². The van der Waals surface area contributed by atoms with Gasteiger partial charge in [0.05, 0.1) is 0 Å². The van der Waals surface area contributed by atoms with Crippen molar-refractivity contribution < 1.29 is 0 Å². The van der Waals surface area contributed by atoms with E-state index in [4.69, 9.17) is 0 Å². The molecule has 12 aromatic carbocycles. The molecule has 0 aliphatic carbocycles. The second-order valence-corrected chi connectivity index (χ2v) is 17.1. The molecule has 0 unspecified atom stereocenters. The molecule has 0 saturated carbocycles. The lowest BCUT2D eigenvalue weighted by Gasteiger charge is -2.19. The van der Waals surface area contributed by atoms with Crippen LogP contribution in [-0.2, 0) is 0 Å². The lowest BCUT2D eigenvalue weighted by molar-refractivity contribution is 1.58. The predicted octanol–water partition coefficient (Wildman–Crippen LogP) is 18.5. The minimum Gasteiger partial charge on any atom is -0.0622 e. The van der Waals surface area contributed by atoms with Crippen LogP contribution in [0.1, 0.15) is 11.1 Å². The van der Waals surface area contributed by atoms with Gasteiger partial charge in [-0.15, -0.1) is 0 Å². The van der Waals surface area contributed by atoms with E-state index < -0.39 is 0 Å². The molecule has 0 aliphatic rings. The quantitative estimate of drug-likeness (QED) is 0.106. The smallest absolute Gasteiger partial charge is 0.00201 e. The van der Waals surface area contributed by atoms with Crippen LogP contribution in [0.15, 0.2) is 255 Å². The van der Waals surface area contributed by atoms with E-state index >= 15 is 0 Å². The van der Waals surface area contributed by atoms with Crippen LogP contribution in [0.5, 0.6) is 0 Å². The molecule has 0 amide bonds. The van der Waals surface area contributed by atoms with Gasteiger partial charge in [-0.1, -0.05) is 267 Å². The number of fused-ring (bicyclic) bond motifs is 4. The Morgan fingerprint density at radius 1 is 0.167 bits per heavy atom. The zero-order valence-electron chi connectivity index (χ0n) is 36.4. The molecule has 0 nitrogen and oxygen atoms in total. The largest absolute Gasteiger partial charge is 0.0622 e. The Morgan fingerprint density at radius 2 is 0.424 bits per heavy atom. The highest BCUT2D eigenvalue weighted by Gasteiger charge is 2.19. The zero-order chi connectivity index (χ0) is 43.8. The Morgan fingerprint density at radius 3 is 0.803 bits per heavy atom. The molecule has 0 radical (unpaired) electrons. The summed E-state index contributed by atoms with van der Waals surface area (Å²) in [5.74, 6) is 0. The third-order valence-electron chi connectivity index (χ3n) is 13.3. The van der Waals surface area contributed by atoms with E-state index in [1.165, 1.54) is 115 Å². The van der Waals surface area contributed by atoms with Crippen LogP contribution in [-0.4, -0.2) is 0 Å². The maximum Gasteiger partial charge on any atom is -0.00201 e. The molecule has 0 fully saturated rings. The molecule has 0 heteroatoms. The topological polar surface area (TPSA) is 0 Å². The van der Waals surface area contributed by atoms with Crippen molar-refractivity contribution in [3.8, 4) is 66.8 Å². The van der Waals surface area contributed by atoms with Crippen molar-refractivity contribution in [1.82, 2.24) is 0 Å². The van der Waals surface area contributed by atoms with Crippen molar-refractivity contribution in [3.05, 3.63) is 266 Å². The third-order valence-corrected chi connectivity index (χ3v) is 13.3. The molecule has 0 aromatic heterocycles. The Hall–Kier alpha value is -8.58. The summed E-state index contributed by atoms with van der Waals surface area (Å²) < 4.78 is 0. The van der Waals surface area contributed by atoms with Gasteiger partial charge in [0.15, 0.2) is 0 Å². The highest BCUT2D eigenvalue weighted by molar-refractivity contribution is 6.23. The number of rotatable bonds is 8. The van der Waals surface area contributed by atoms with Gasteiger partial charge >= 0.3 is 0 Å². The van der Waals surface area contributed by atoms with Gasteiger partial charge in [-0.2, -0.15) is 0 Å². The maximum absolute atomic E-state index is 2.29. The molecule has 0 saturated heterocycles. The summed E-state index contributed by atoms with van der Waals surface area (Å²) in [5, 5.41) is 10.1. The summed E-state index contributed by atoms with van der Waals surface area (Å²) in [6.45, 7) is 0. The molecule has 0 N–H and O–H groups in total. The first-order chi connectivity index (χ1) is 32.8. The van der Waals surface area contributed by atoms with E-state index in [9.17, 15) is 0 Å². The van der Waals surface area contributed by atoms with E-state index in [2.05, 4.69) is 267 Å². The Balaban J connectivity index is 0.817. The van der Waals surface area contributed by atoms with Crippen LogP contribution in [0, 0.1) is 0 Å². The molecule has 0 spiro atoms. The van der Waals surface area contributed by atoms with Crippen molar-refractivity contribution >= 4 is 55.2 Å². The van der Waals surface area contributed by atoms with Gasteiger partial charge in [-0.3, -0.25) is 0 Å². The van der Waals surface area contributed by atoms with Gasteiger partial charge in [0.2, 0.25) is 0 Å². The average molecular weight is 837 g/mol. The fraction of sp³-hybridized carbons (Fsp3) is 0. The molecule has 0 bridgehead atoms. The lowest BCUT2D eigenvalue weighted by atomic mass is 9.84. The van der Waals surface area contributed by atoms with Gasteiger partial charge in [-0.05, 0) is 121 Å². The van der Waals surface area contributed by atoms with Gasteiger partial charge < -0.3 is 0 Å². The summed E-state index contributed by atoms with van der Waals surface area (Å²) in [7, 11) is 0. The highest BCUT2D eigenvalue weighted by Crippen LogP contribution is 2.47. The summed E-state index contributed by atoms with van der Waals surface area (Å²) in [6.07, 6.45) is 4.41. The predicted molar refractivity (Wildman–Crippen MR) is 284 cm³/mol. The summed E-state index contributed by atoms with van der Waals surface area (Å²) in [4.78, 5) is 0. The monoisotopic (exact) mass is 836 g/mol. The summed E-state index contributed by atoms with van der Waals surface area (Å²) in [5.41, 5.74) is 17.2. The molecule has 0 heterocycles. The van der Waals surface area contributed by atoms with Crippen molar-refractivity contribution in [1.29, 1.82) is 0 Å². The van der Waals surface area contributed by atoms with Crippen LogP contribution in [0.4, 0.5) is 0 Å². The van der Waals surface area contributed by atoms with Gasteiger partial charge in [0, 0.05) is 0 Å². The van der Waals surface area contributed by atoms with Gasteiger partial charge in [0.25, 0.3) is 0 Å². The van der Waals surface area contributed by atoms with Gasteiger partial charge in [-0.25, -0.2) is 0 Å². The Labute approximate surface area is 386 Å². The van der Waals surface area contributed by atoms with Crippen molar-refractivity contribution in [3.63, 3.8) is 0 Å². The fourth-order valence-corrected chi connectivity index (χ4v) is 10.2. The molecule has 308 valence electrons. The number of benzene rings is 12. The zero-order valence-corrected chi connectivity index (χ0v) is 36.4. The minimum absolute atomic E-state index is 1.16.